The van der Waals surface area contributed by atoms with Crippen LogP contribution in [0.4, 0.5) is 0 Å². The van der Waals surface area contributed by atoms with Crippen molar-refractivity contribution in [2.45, 2.75) is 24.7 Å². The first-order chi connectivity index (χ1) is 9.81. The molecule has 0 unspecified atom stereocenters. The topological polar surface area (TPSA) is 111 Å². The van der Waals surface area contributed by atoms with Crippen LogP contribution in [-0.4, -0.2) is 32.1 Å². The SMILES string of the molecule is C=CC(=O)OCCCC[NH3+].Cc1ccc(S(=O)(=O)[O-])cc1. The molecule has 1 aromatic carbocycles. The van der Waals surface area contributed by atoms with Crippen molar-refractivity contribution in [2.75, 3.05) is 13.2 Å². The number of hydrogen-bond donors (Lipinski definition) is 1. The van der Waals surface area contributed by atoms with Gasteiger partial charge in [-0.2, -0.15) is 0 Å². The Kier molecular flexibility index (Phi) is 9.27. The molecule has 0 atom stereocenters. The van der Waals surface area contributed by atoms with E-state index in [4.69, 9.17) is 4.74 Å². The average molecular weight is 315 g/mol. The Balaban J connectivity index is 0.000000384. The highest BCUT2D eigenvalue weighted by molar-refractivity contribution is 7.85. The highest BCUT2D eigenvalue weighted by atomic mass is 32.2. The first-order valence-corrected chi connectivity index (χ1v) is 7.83. The number of hydrogen-bond acceptors (Lipinski definition) is 5. The van der Waals surface area contributed by atoms with Gasteiger partial charge in [-0.25, -0.2) is 13.2 Å². The molecule has 0 saturated carbocycles. The van der Waals surface area contributed by atoms with Crippen LogP contribution in [-0.2, 0) is 19.6 Å². The quantitative estimate of drug-likeness (QED) is 0.358. The average Bonchev–Trinajstić information content (AvgIpc) is 2.43. The molecule has 0 aromatic heterocycles. The third-order valence-electron chi connectivity index (χ3n) is 2.36. The Morgan fingerprint density at radius 3 is 2.33 bits per heavy atom. The monoisotopic (exact) mass is 315 g/mol. The fourth-order valence-electron chi connectivity index (χ4n) is 1.22. The van der Waals surface area contributed by atoms with Crippen molar-refractivity contribution in [1.29, 1.82) is 0 Å². The zero-order valence-electron chi connectivity index (χ0n) is 12.1. The molecule has 0 aliphatic carbocycles. The molecular formula is C14H21NO5S. The van der Waals surface area contributed by atoms with E-state index in [0.717, 1.165) is 24.9 Å². The van der Waals surface area contributed by atoms with Crippen molar-refractivity contribution in [3.05, 3.63) is 42.5 Å². The van der Waals surface area contributed by atoms with Crippen molar-refractivity contribution in [3.63, 3.8) is 0 Å². The molecule has 0 bridgehead atoms. The molecule has 6 nitrogen and oxygen atoms in total. The van der Waals surface area contributed by atoms with Crippen LogP contribution in [0.15, 0.2) is 41.8 Å². The van der Waals surface area contributed by atoms with Crippen LogP contribution in [0.1, 0.15) is 18.4 Å². The maximum atomic E-state index is 10.4. The second-order valence-corrected chi connectivity index (χ2v) is 5.58. The van der Waals surface area contributed by atoms with Crippen LogP contribution in [0.25, 0.3) is 0 Å². The Bertz CT molecular complexity index is 537. The molecule has 0 aliphatic heterocycles. The smallest absolute Gasteiger partial charge is 0.330 e. The van der Waals surface area contributed by atoms with E-state index in [9.17, 15) is 17.8 Å². The van der Waals surface area contributed by atoms with Crippen LogP contribution in [0.5, 0.6) is 0 Å². The van der Waals surface area contributed by atoms with Crippen molar-refractivity contribution < 1.29 is 28.2 Å². The van der Waals surface area contributed by atoms with E-state index < -0.39 is 10.1 Å². The Morgan fingerprint density at radius 2 is 1.90 bits per heavy atom. The maximum Gasteiger partial charge on any atom is 0.330 e. The molecule has 21 heavy (non-hydrogen) atoms. The van der Waals surface area contributed by atoms with Gasteiger partial charge in [-0.3, -0.25) is 0 Å². The van der Waals surface area contributed by atoms with Crippen molar-refractivity contribution >= 4 is 16.1 Å². The summed E-state index contributed by atoms with van der Waals surface area (Å²) in [5, 5.41) is 0. The molecule has 0 spiro atoms. The summed E-state index contributed by atoms with van der Waals surface area (Å²) in [5.74, 6) is -0.343. The molecule has 0 heterocycles. The molecule has 0 amide bonds. The van der Waals surface area contributed by atoms with Gasteiger partial charge in [0.25, 0.3) is 0 Å². The van der Waals surface area contributed by atoms with E-state index in [1.807, 2.05) is 6.92 Å². The number of esters is 1. The number of quaternary nitrogens is 1. The minimum absolute atomic E-state index is 0.178. The summed E-state index contributed by atoms with van der Waals surface area (Å²) in [6.07, 6.45) is 3.07. The van der Waals surface area contributed by atoms with Gasteiger partial charge in [0.1, 0.15) is 10.1 Å². The molecule has 118 valence electrons. The predicted molar refractivity (Wildman–Crippen MR) is 77.3 cm³/mol. The van der Waals surface area contributed by atoms with E-state index in [1.165, 1.54) is 18.2 Å². The zero-order chi connectivity index (χ0) is 16.3. The second kappa shape index (κ2) is 10.1. The van der Waals surface area contributed by atoms with Gasteiger partial charge in [-0.05, 0) is 31.9 Å². The van der Waals surface area contributed by atoms with Gasteiger partial charge in [0, 0.05) is 6.08 Å². The number of ether oxygens (including phenoxy) is 1. The van der Waals surface area contributed by atoms with E-state index in [0.29, 0.717) is 6.61 Å². The van der Waals surface area contributed by atoms with E-state index in [1.54, 1.807) is 12.1 Å². The normalized spacial score (nSPS) is 10.2. The largest absolute Gasteiger partial charge is 0.744 e. The number of aryl methyl sites for hydroxylation is 1. The lowest BCUT2D eigenvalue weighted by molar-refractivity contribution is -0.368. The molecule has 1 rings (SSSR count). The van der Waals surface area contributed by atoms with Crippen molar-refractivity contribution in [3.8, 4) is 0 Å². The van der Waals surface area contributed by atoms with Gasteiger partial charge in [0.05, 0.1) is 18.0 Å². The highest BCUT2D eigenvalue weighted by Crippen LogP contribution is 2.08. The number of rotatable bonds is 6. The summed E-state index contributed by atoms with van der Waals surface area (Å²) in [7, 11) is -4.27. The molecule has 7 heteroatoms. The highest BCUT2D eigenvalue weighted by Gasteiger charge is 1.97. The van der Waals surface area contributed by atoms with Crippen LogP contribution < -0.4 is 5.73 Å². The van der Waals surface area contributed by atoms with Gasteiger partial charge in [0.2, 0.25) is 0 Å². The molecule has 0 aliphatic rings. The third kappa shape index (κ3) is 9.78. The fraction of sp³-hybridized carbons (Fsp3) is 0.357. The summed E-state index contributed by atoms with van der Waals surface area (Å²) >= 11 is 0. The lowest BCUT2D eigenvalue weighted by Crippen LogP contribution is -2.50. The standard InChI is InChI=1S/C7H13NO2.C7H8O3S/c1-2-7(9)10-6-4-3-5-8;1-6-2-4-7(5-3-6)11(8,9)10/h2H,1,3-6,8H2;2-5H,1H3,(H,8,9,10). The van der Waals surface area contributed by atoms with Gasteiger partial charge in [-0.15, -0.1) is 0 Å². The van der Waals surface area contributed by atoms with Gasteiger partial charge in [0.15, 0.2) is 0 Å². The second-order valence-electron chi connectivity index (χ2n) is 4.20. The summed E-state index contributed by atoms with van der Waals surface area (Å²) in [4.78, 5) is 10.2. The van der Waals surface area contributed by atoms with Crippen LogP contribution in [0.2, 0.25) is 0 Å². The molecule has 0 saturated heterocycles. The van der Waals surface area contributed by atoms with E-state index in [2.05, 4.69) is 12.3 Å². The molecule has 0 fully saturated rings. The molecular weight excluding hydrogens is 294 g/mol. The van der Waals surface area contributed by atoms with Crippen LogP contribution in [0.3, 0.4) is 0 Å². The predicted octanol–water partition coefficient (Wildman–Crippen LogP) is 0.637. The summed E-state index contributed by atoms with van der Waals surface area (Å²) in [6, 6.07) is 5.78. The molecule has 0 radical (unpaired) electrons. The van der Waals surface area contributed by atoms with Gasteiger partial charge < -0.3 is 15.0 Å². The Hall–Kier alpha value is -1.70. The summed E-state index contributed by atoms with van der Waals surface area (Å²) in [6.45, 7) is 6.47. The Labute approximate surface area is 125 Å². The minimum atomic E-state index is -4.27. The fourth-order valence-corrected chi connectivity index (χ4v) is 1.68. The van der Waals surface area contributed by atoms with E-state index >= 15 is 0 Å². The van der Waals surface area contributed by atoms with Gasteiger partial charge >= 0.3 is 5.97 Å². The lowest BCUT2D eigenvalue weighted by atomic mass is 10.2. The number of benzene rings is 1. The maximum absolute atomic E-state index is 10.4. The third-order valence-corrected chi connectivity index (χ3v) is 3.21. The minimum Gasteiger partial charge on any atom is -0.744 e. The van der Waals surface area contributed by atoms with E-state index in [-0.39, 0.29) is 10.9 Å². The number of carbonyl (C=O) groups excluding carboxylic acids is 1. The first kappa shape index (κ1) is 19.3. The molecule has 3 N–H and O–H groups in total. The Morgan fingerprint density at radius 1 is 1.33 bits per heavy atom. The molecule has 1 aromatic rings. The van der Waals surface area contributed by atoms with Crippen LogP contribution in [0, 0.1) is 6.92 Å². The lowest BCUT2D eigenvalue weighted by Gasteiger charge is -2.05. The summed E-state index contributed by atoms with van der Waals surface area (Å²) in [5.41, 5.74) is 4.59. The zero-order valence-corrected chi connectivity index (χ0v) is 12.9. The number of unbranched alkanes of at least 4 members (excludes halogenated alkanes) is 1. The number of carbonyl (C=O) groups is 1. The van der Waals surface area contributed by atoms with Crippen molar-refractivity contribution in [1.82, 2.24) is 0 Å². The first-order valence-electron chi connectivity index (χ1n) is 6.42. The summed E-state index contributed by atoms with van der Waals surface area (Å²) < 4.78 is 35.9. The van der Waals surface area contributed by atoms with Gasteiger partial charge in [-0.1, -0.05) is 24.3 Å². The van der Waals surface area contributed by atoms with Crippen molar-refractivity contribution in [2.24, 2.45) is 0 Å². The van der Waals surface area contributed by atoms with Crippen LogP contribution >= 0.6 is 0 Å².